The molecule has 0 bridgehead atoms. The van der Waals surface area contributed by atoms with Crippen LogP contribution in [0.5, 0.6) is 5.75 Å². The first-order valence-electron chi connectivity index (χ1n) is 10.4. The third-order valence-corrected chi connectivity index (χ3v) is 4.99. The van der Waals surface area contributed by atoms with Crippen LogP contribution < -0.4 is 15.0 Å². The Balaban J connectivity index is 1.78. The second-order valence-electron chi connectivity index (χ2n) is 6.99. The van der Waals surface area contributed by atoms with Gasteiger partial charge in [-0.05, 0) is 69.7 Å². The molecule has 0 atom stereocenters. The van der Waals surface area contributed by atoms with E-state index in [2.05, 4.69) is 37.1 Å². The zero-order valence-electron chi connectivity index (χ0n) is 18.1. The first-order chi connectivity index (χ1) is 14.5. The molecule has 0 fully saturated rings. The molecular weight excluding hydrogens is 374 g/mol. The second-order valence-corrected chi connectivity index (χ2v) is 6.99. The maximum Gasteiger partial charge on any atom is 0.248 e. The van der Waals surface area contributed by atoms with Crippen molar-refractivity contribution in [2.24, 2.45) is 0 Å². The number of carbonyl (C=O) groups is 1. The van der Waals surface area contributed by atoms with Crippen molar-refractivity contribution in [3.8, 4) is 5.75 Å². The molecule has 156 valence electrons. The van der Waals surface area contributed by atoms with E-state index in [9.17, 15) is 4.79 Å². The topological polar surface area (TPSA) is 54.5 Å². The Bertz CT molecular complexity index is 1060. The van der Waals surface area contributed by atoms with Crippen LogP contribution in [0.2, 0.25) is 0 Å². The number of para-hydroxylation sites is 1. The summed E-state index contributed by atoms with van der Waals surface area (Å²) in [5.41, 5.74) is 3.68. The monoisotopic (exact) mass is 403 g/mol. The molecule has 0 aliphatic rings. The smallest absolute Gasteiger partial charge is 0.248 e. The first kappa shape index (κ1) is 21.4. The van der Waals surface area contributed by atoms with Gasteiger partial charge in [0.25, 0.3) is 0 Å². The largest absolute Gasteiger partial charge is 0.493 e. The molecule has 0 aliphatic heterocycles. The molecule has 3 rings (SSSR count). The fraction of sp³-hybridized carbons (Fsp3) is 0.280. The number of aromatic nitrogens is 1. The molecule has 2 aromatic carbocycles. The molecule has 3 aromatic rings. The van der Waals surface area contributed by atoms with E-state index in [4.69, 9.17) is 9.72 Å². The van der Waals surface area contributed by atoms with Crippen molar-refractivity contribution >= 4 is 34.4 Å². The summed E-state index contributed by atoms with van der Waals surface area (Å²) in [4.78, 5) is 19.5. The maximum absolute atomic E-state index is 12.4. The van der Waals surface area contributed by atoms with E-state index in [0.29, 0.717) is 6.61 Å². The van der Waals surface area contributed by atoms with Crippen molar-refractivity contribution in [3.63, 3.8) is 0 Å². The maximum atomic E-state index is 12.4. The predicted molar refractivity (Wildman–Crippen MR) is 125 cm³/mol. The summed E-state index contributed by atoms with van der Waals surface area (Å²) in [5.74, 6) is 1.56. The fourth-order valence-corrected chi connectivity index (χ4v) is 3.42. The van der Waals surface area contributed by atoms with E-state index in [-0.39, 0.29) is 5.91 Å². The van der Waals surface area contributed by atoms with Crippen LogP contribution in [0, 0.1) is 6.92 Å². The summed E-state index contributed by atoms with van der Waals surface area (Å²) >= 11 is 0. The molecule has 30 heavy (non-hydrogen) atoms. The molecule has 1 N–H and O–H groups in total. The minimum absolute atomic E-state index is 0.189. The number of hydrogen-bond donors (Lipinski definition) is 1. The van der Waals surface area contributed by atoms with Crippen molar-refractivity contribution in [2.75, 3.05) is 29.9 Å². The summed E-state index contributed by atoms with van der Waals surface area (Å²) < 4.78 is 5.60. The molecule has 0 unspecified atom stereocenters. The van der Waals surface area contributed by atoms with Gasteiger partial charge >= 0.3 is 0 Å². The highest BCUT2D eigenvalue weighted by molar-refractivity contribution is 6.03. The Labute approximate surface area is 178 Å². The van der Waals surface area contributed by atoms with E-state index >= 15 is 0 Å². The van der Waals surface area contributed by atoms with Crippen molar-refractivity contribution in [2.45, 2.75) is 27.7 Å². The number of aryl methyl sites for hydroxylation is 1. The quantitative estimate of drug-likeness (QED) is 0.509. The number of ether oxygens (including phenoxy) is 1. The molecule has 0 saturated heterocycles. The number of nitrogens with one attached hydrogen (secondary N) is 1. The number of benzene rings is 2. The number of nitrogens with zero attached hydrogens (tertiary/aromatic N) is 2. The normalized spacial score (nSPS) is 11.1. The summed E-state index contributed by atoms with van der Waals surface area (Å²) in [5, 5.41) is 3.97. The van der Waals surface area contributed by atoms with E-state index in [0.717, 1.165) is 52.4 Å². The van der Waals surface area contributed by atoms with E-state index < -0.39 is 0 Å². The molecule has 5 heteroatoms. The highest BCUT2D eigenvalue weighted by Gasteiger charge is 2.09. The SMILES string of the molecule is CCOc1ccccc1/C=C/C(=O)Nc1ccc2nc(N(CC)CC)cc(C)c2c1. The Hall–Kier alpha value is -3.34. The molecule has 1 amide bonds. The van der Waals surface area contributed by atoms with E-state index in [1.54, 1.807) is 6.08 Å². The zero-order valence-corrected chi connectivity index (χ0v) is 18.1. The van der Waals surface area contributed by atoms with Gasteiger partial charge in [0.2, 0.25) is 5.91 Å². The van der Waals surface area contributed by atoms with E-state index in [1.165, 1.54) is 6.08 Å². The molecule has 1 heterocycles. The molecular formula is C25H29N3O2. The predicted octanol–water partition coefficient (Wildman–Crippen LogP) is 5.44. The van der Waals surface area contributed by atoms with Crippen LogP contribution in [0.1, 0.15) is 31.9 Å². The molecule has 0 radical (unpaired) electrons. The van der Waals surface area contributed by atoms with Gasteiger partial charge in [0, 0.05) is 35.8 Å². The van der Waals surface area contributed by atoms with Gasteiger partial charge in [-0.25, -0.2) is 4.98 Å². The van der Waals surface area contributed by atoms with Crippen LogP contribution >= 0.6 is 0 Å². The lowest BCUT2D eigenvalue weighted by Crippen LogP contribution is -2.23. The van der Waals surface area contributed by atoms with Crippen LogP contribution in [-0.4, -0.2) is 30.6 Å². The van der Waals surface area contributed by atoms with Crippen LogP contribution in [0.15, 0.2) is 54.6 Å². The average Bonchev–Trinajstić information content (AvgIpc) is 2.75. The van der Waals surface area contributed by atoms with E-state index in [1.807, 2.05) is 49.4 Å². The van der Waals surface area contributed by atoms with Crippen LogP contribution in [0.25, 0.3) is 17.0 Å². The zero-order chi connectivity index (χ0) is 21.5. The average molecular weight is 404 g/mol. The summed E-state index contributed by atoms with van der Waals surface area (Å²) in [7, 11) is 0. The minimum atomic E-state index is -0.189. The van der Waals surface area contributed by atoms with Gasteiger partial charge in [-0.3, -0.25) is 4.79 Å². The Morgan fingerprint density at radius 2 is 1.87 bits per heavy atom. The number of fused-ring (bicyclic) bond motifs is 1. The van der Waals surface area contributed by atoms with Gasteiger partial charge in [-0.2, -0.15) is 0 Å². The molecule has 0 aliphatic carbocycles. The number of carbonyl (C=O) groups excluding carboxylic acids is 1. The third-order valence-electron chi connectivity index (χ3n) is 4.99. The lowest BCUT2D eigenvalue weighted by atomic mass is 10.1. The van der Waals surface area contributed by atoms with Crippen LogP contribution in [0.3, 0.4) is 0 Å². The first-order valence-corrected chi connectivity index (χ1v) is 10.4. The number of rotatable bonds is 8. The summed E-state index contributed by atoms with van der Waals surface area (Å²) in [6.07, 6.45) is 3.29. The van der Waals surface area contributed by atoms with Crippen molar-refractivity contribution in [1.29, 1.82) is 0 Å². The lowest BCUT2D eigenvalue weighted by Gasteiger charge is -2.21. The standard InChI is InChI=1S/C25H29N3O2/c1-5-28(6-2)24-16-18(4)21-17-20(13-14-22(21)27-24)26-25(29)15-12-19-10-8-9-11-23(19)30-7-3/h8-17H,5-7H2,1-4H3,(H,26,29)/b15-12+. The number of amides is 1. The van der Waals surface area contributed by atoms with Gasteiger partial charge in [-0.1, -0.05) is 18.2 Å². The molecule has 1 aromatic heterocycles. The van der Waals surface area contributed by atoms with Crippen molar-refractivity contribution in [3.05, 3.63) is 65.7 Å². The highest BCUT2D eigenvalue weighted by atomic mass is 16.5. The Morgan fingerprint density at radius 3 is 2.60 bits per heavy atom. The van der Waals surface area contributed by atoms with Gasteiger partial charge in [-0.15, -0.1) is 0 Å². The number of pyridine rings is 1. The minimum Gasteiger partial charge on any atom is -0.493 e. The van der Waals surface area contributed by atoms with Gasteiger partial charge in [0.15, 0.2) is 0 Å². The van der Waals surface area contributed by atoms with Crippen molar-refractivity contribution < 1.29 is 9.53 Å². The van der Waals surface area contributed by atoms with Crippen molar-refractivity contribution in [1.82, 2.24) is 4.98 Å². The van der Waals surface area contributed by atoms with Gasteiger partial charge in [0.05, 0.1) is 12.1 Å². The third kappa shape index (κ3) is 4.98. The van der Waals surface area contributed by atoms with Gasteiger partial charge in [0.1, 0.15) is 11.6 Å². The van der Waals surface area contributed by atoms with Gasteiger partial charge < -0.3 is 15.0 Å². The number of anilines is 2. The lowest BCUT2D eigenvalue weighted by molar-refractivity contribution is -0.111. The second kappa shape index (κ2) is 9.92. The fourth-order valence-electron chi connectivity index (χ4n) is 3.42. The summed E-state index contributed by atoms with van der Waals surface area (Å²) in [6.45, 7) is 10.7. The molecule has 5 nitrogen and oxygen atoms in total. The summed E-state index contributed by atoms with van der Waals surface area (Å²) in [6, 6.07) is 15.6. The highest BCUT2D eigenvalue weighted by Crippen LogP contribution is 2.25. The van der Waals surface area contributed by atoms with Crippen LogP contribution in [-0.2, 0) is 4.79 Å². The number of hydrogen-bond acceptors (Lipinski definition) is 4. The Kier molecular flexibility index (Phi) is 7.07. The Morgan fingerprint density at radius 1 is 1.10 bits per heavy atom. The molecule has 0 spiro atoms. The van der Waals surface area contributed by atoms with Crippen LogP contribution in [0.4, 0.5) is 11.5 Å². The molecule has 0 saturated carbocycles.